The Bertz CT molecular complexity index is 675. The van der Waals surface area contributed by atoms with E-state index in [4.69, 9.17) is 0 Å². The van der Waals surface area contributed by atoms with Crippen molar-refractivity contribution in [2.45, 2.75) is 57.2 Å². The summed E-state index contributed by atoms with van der Waals surface area (Å²) in [6, 6.07) is 2.61. The van der Waals surface area contributed by atoms with Gasteiger partial charge in [-0.2, -0.15) is 13.2 Å². The van der Waals surface area contributed by atoms with Gasteiger partial charge in [0.25, 0.3) is 0 Å². The summed E-state index contributed by atoms with van der Waals surface area (Å²) in [7, 11) is 0. The molecule has 0 aromatic carbocycles. The number of halogens is 3. The molecule has 1 aromatic heterocycles. The van der Waals surface area contributed by atoms with Crippen LogP contribution in [-0.4, -0.2) is 35.2 Å². The fourth-order valence-corrected chi connectivity index (χ4v) is 4.60. The molecule has 1 heterocycles. The number of carbonyl (C=O) groups is 1. The molecule has 27 heavy (non-hydrogen) atoms. The number of nitrogens with zero attached hydrogens (tertiary/aromatic N) is 3. The van der Waals surface area contributed by atoms with Crippen molar-refractivity contribution < 1.29 is 18.0 Å². The molecular weight excluding hydrogens is 357 g/mol. The van der Waals surface area contributed by atoms with E-state index in [1.165, 1.54) is 25.3 Å². The van der Waals surface area contributed by atoms with Crippen molar-refractivity contribution in [3.63, 3.8) is 0 Å². The van der Waals surface area contributed by atoms with Crippen molar-refractivity contribution in [3.05, 3.63) is 17.8 Å². The Morgan fingerprint density at radius 3 is 2.56 bits per heavy atom. The van der Waals surface area contributed by atoms with E-state index in [2.05, 4.69) is 15.5 Å². The van der Waals surface area contributed by atoms with Gasteiger partial charge in [-0.3, -0.25) is 4.79 Å². The second-order valence-corrected chi connectivity index (χ2v) is 8.04. The van der Waals surface area contributed by atoms with Gasteiger partial charge in [0.1, 0.15) is 0 Å². The molecule has 3 fully saturated rings. The van der Waals surface area contributed by atoms with Crippen molar-refractivity contribution in [1.82, 2.24) is 15.5 Å². The number of aromatic nitrogens is 2. The summed E-state index contributed by atoms with van der Waals surface area (Å²) in [4.78, 5) is 14.4. The average Bonchev–Trinajstić information content (AvgIpc) is 3.44. The molecule has 5 nitrogen and oxygen atoms in total. The summed E-state index contributed by atoms with van der Waals surface area (Å²) in [6.45, 7) is 1.02. The van der Waals surface area contributed by atoms with Crippen LogP contribution in [0.1, 0.15) is 50.6 Å². The zero-order valence-corrected chi connectivity index (χ0v) is 15.2. The van der Waals surface area contributed by atoms with Crippen LogP contribution < -0.4 is 10.2 Å². The molecule has 0 unspecified atom stereocenters. The second kappa shape index (κ2) is 7.28. The van der Waals surface area contributed by atoms with Crippen LogP contribution in [0.4, 0.5) is 19.0 Å². The highest BCUT2D eigenvalue weighted by Crippen LogP contribution is 2.49. The van der Waals surface area contributed by atoms with Crippen LogP contribution in [0.2, 0.25) is 0 Å². The second-order valence-electron chi connectivity index (χ2n) is 8.04. The van der Waals surface area contributed by atoms with Crippen LogP contribution >= 0.6 is 0 Å². The molecule has 0 radical (unpaired) electrons. The van der Waals surface area contributed by atoms with Crippen molar-refractivity contribution in [3.8, 4) is 0 Å². The maximum atomic E-state index is 12.7. The van der Waals surface area contributed by atoms with Gasteiger partial charge in [-0.15, -0.1) is 10.2 Å². The van der Waals surface area contributed by atoms with Gasteiger partial charge >= 0.3 is 6.18 Å². The molecule has 1 amide bonds. The molecule has 0 saturated heterocycles. The number of anilines is 1. The van der Waals surface area contributed by atoms with E-state index in [1.54, 1.807) is 0 Å². The van der Waals surface area contributed by atoms with Gasteiger partial charge in [-0.25, -0.2) is 0 Å². The van der Waals surface area contributed by atoms with Crippen LogP contribution in [0, 0.1) is 17.8 Å². The predicted molar refractivity (Wildman–Crippen MR) is 94.0 cm³/mol. The highest BCUT2D eigenvalue weighted by Gasteiger charge is 2.45. The van der Waals surface area contributed by atoms with E-state index in [0.29, 0.717) is 24.8 Å². The quantitative estimate of drug-likeness (QED) is 0.819. The van der Waals surface area contributed by atoms with Crippen LogP contribution in [-0.2, 0) is 11.0 Å². The Kier molecular flexibility index (Phi) is 4.99. The smallest absolute Gasteiger partial charge is 0.354 e. The zero-order chi connectivity index (χ0) is 19.0. The molecule has 8 heteroatoms. The monoisotopic (exact) mass is 382 g/mol. The Morgan fingerprint density at radius 2 is 1.93 bits per heavy atom. The van der Waals surface area contributed by atoms with Gasteiger partial charge in [-0.1, -0.05) is 19.3 Å². The standard InChI is InChI=1S/C19H25F3N4O/c20-19(21,22)16-7-8-17(25-24-16)26(13-5-6-13)10-9-23-18(27)15-11-12-3-1-2-4-14(12)15/h7-8,12-15H,1-6,9-11H2,(H,23,27)/t12-,14-,15+/m0/s1. The summed E-state index contributed by atoms with van der Waals surface area (Å²) in [6.07, 6.45) is 3.45. The maximum absolute atomic E-state index is 12.7. The lowest BCUT2D eigenvalue weighted by atomic mass is 9.58. The third kappa shape index (κ3) is 4.04. The Labute approximate surface area is 156 Å². The SMILES string of the molecule is O=C(NCCN(c1ccc(C(F)(F)F)nn1)C1CC1)[C@@H]1C[C@@H]2CCCC[C@@H]21. The van der Waals surface area contributed by atoms with E-state index >= 15 is 0 Å². The Balaban J connectivity index is 1.30. The molecule has 148 valence electrons. The number of carbonyl (C=O) groups excluding carboxylic acids is 1. The molecule has 3 aliphatic carbocycles. The Hall–Kier alpha value is -1.86. The average molecular weight is 382 g/mol. The van der Waals surface area contributed by atoms with Crippen LogP contribution in [0.25, 0.3) is 0 Å². The lowest BCUT2D eigenvalue weighted by Gasteiger charge is -2.47. The van der Waals surface area contributed by atoms with E-state index in [0.717, 1.165) is 37.7 Å². The van der Waals surface area contributed by atoms with Gasteiger partial charge in [-0.05, 0) is 49.7 Å². The number of hydrogen-bond donors (Lipinski definition) is 1. The van der Waals surface area contributed by atoms with E-state index < -0.39 is 11.9 Å². The Morgan fingerprint density at radius 1 is 1.15 bits per heavy atom. The molecule has 4 rings (SSSR count). The first-order chi connectivity index (χ1) is 12.9. The third-order valence-corrected chi connectivity index (χ3v) is 6.25. The summed E-state index contributed by atoms with van der Waals surface area (Å²) >= 11 is 0. The predicted octanol–water partition coefficient (Wildman–Crippen LogP) is 3.41. The first kappa shape index (κ1) is 18.5. The van der Waals surface area contributed by atoms with E-state index in [9.17, 15) is 18.0 Å². The van der Waals surface area contributed by atoms with Gasteiger partial charge in [0.2, 0.25) is 5.91 Å². The lowest BCUT2D eigenvalue weighted by Crippen LogP contribution is -2.49. The fourth-order valence-electron chi connectivity index (χ4n) is 4.60. The first-order valence-corrected chi connectivity index (χ1v) is 9.89. The molecule has 1 N–H and O–H groups in total. The summed E-state index contributed by atoms with van der Waals surface area (Å²) in [5.41, 5.74) is -0.984. The van der Waals surface area contributed by atoms with Crippen LogP contribution in [0.15, 0.2) is 12.1 Å². The molecule has 0 spiro atoms. The number of hydrogen-bond acceptors (Lipinski definition) is 4. The largest absolute Gasteiger partial charge is 0.435 e. The molecule has 0 bridgehead atoms. The number of alkyl halides is 3. The molecule has 1 aromatic rings. The summed E-state index contributed by atoms with van der Waals surface area (Å²) in [5, 5.41) is 10.1. The van der Waals surface area contributed by atoms with Gasteiger partial charge in [0, 0.05) is 25.0 Å². The minimum Gasteiger partial charge on any atom is -0.354 e. The minimum absolute atomic E-state index is 0.132. The molecular formula is C19H25F3N4O. The van der Waals surface area contributed by atoms with E-state index in [1.807, 2.05) is 4.90 Å². The third-order valence-electron chi connectivity index (χ3n) is 6.25. The van der Waals surface area contributed by atoms with Gasteiger partial charge in [0.15, 0.2) is 11.5 Å². The number of rotatable bonds is 6. The van der Waals surface area contributed by atoms with E-state index in [-0.39, 0.29) is 17.9 Å². The van der Waals surface area contributed by atoms with Crippen LogP contribution in [0.3, 0.4) is 0 Å². The van der Waals surface area contributed by atoms with Gasteiger partial charge in [0.05, 0.1) is 0 Å². The van der Waals surface area contributed by atoms with Crippen molar-refractivity contribution in [2.75, 3.05) is 18.0 Å². The number of amides is 1. The zero-order valence-electron chi connectivity index (χ0n) is 15.2. The first-order valence-electron chi connectivity index (χ1n) is 9.89. The highest BCUT2D eigenvalue weighted by molar-refractivity contribution is 5.80. The molecule has 3 atom stereocenters. The minimum atomic E-state index is -4.48. The highest BCUT2D eigenvalue weighted by atomic mass is 19.4. The lowest BCUT2D eigenvalue weighted by molar-refractivity contribution is -0.141. The normalized spacial score (nSPS) is 27.4. The topological polar surface area (TPSA) is 58.1 Å². The summed E-state index contributed by atoms with van der Waals surface area (Å²) in [5.74, 6) is 2.01. The number of nitrogens with one attached hydrogen (secondary N) is 1. The van der Waals surface area contributed by atoms with Crippen LogP contribution in [0.5, 0.6) is 0 Å². The maximum Gasteiger partial charge on any atom is 0.435 e. The number of fused-ring (bicyclic) bond motifs is 1. The molecule has 3 saturated carbocycles. The summed E-state index contributed by atoms with van der Waals surface area (Å²) < 4.78 is 38.0. The fraction of sp³-hybridized carbons (Fsp3) is 0.737. The van der Waals surface area contributed by atoms with Crippen molar-refractivity contribution >= 4 is 11.7 Å². The molecule has 3 aliphatic rings. The van der Waals surface area contributed by atoms with Crippen molar-refractivity contribution in [1.29, 1.82) is 0 Å². The van der Waals surface area contributed by atoms with Crippen molar-refractivity contribution in [2.24, 2.45) is 17.8 Å². The molecule has 0 aliphatic heterocycles. The van der Waals surface area contributed by atoms with Gasteiger partial charge < -0.3 is 10.2 Å².